The van der Waals surface area contributed by atoms with Gasteiger partial charge < -0.3 is 19.9 Å². The maximum Gasteiger partial charge on any atom is 0.338 e. The number of fused-ring (bicyclic) bond motifs is 1. The van der Waals surface area contributed by atoms with Crippen LogP contribution in [0.4, 0.5) is 5.82 Å². The highest BCUT2D eigenvalue weighted by atomic mass is 32.1. The fraction of sp³-hybridized carbons (Fsp3) is 0.273. The average Bonchev–Trinajstić information content (AvgIpc) is 3.76. The van der Waals surface area contributed by atoms with Gasteiger partial charge in [-0.25, -0.2) is 14.8 Å². The molecule has 2 aromatic carbocycles. The van der Waals surface area contributed by atoms with Gasteiger partial charge in [-0.2, -0.15) is 0 Å². The smallest absolute Gasteiger partial charge is 0.338 e. The zero-order chi connectivity index (χ0) is 29.9. The van der Waals surface area contributed by atoms with Gasteiger partial charge in [0.25, 0.3) is 0 Å². The summed E-state index contributed by atoms with van der Waals surface area (Å²) < 4.78 is 19.7. The molecule has 0 radical (unpaired) electrons. The van der Waals surface area contributed by atoms with Gasteiger partial charge in [0.2, 0.25) is 0 Å². The van der Waals surface area contributed by atoms with Gasteiger partial charge in [-0.15, -0.1) is 11.3 Å². The predicted octanol–water partition coefficient (Wildman–Crippen LogP) is 6.05. The highest BCUT2D eigenvalue weighted by Gasteiger charge is 2.40. The summed E-state index contributed by atoms with van der Waals surface area (Å²) in [5.41, 5.74) is 12.0. The first-order chi connectivity index (χ1) is 20.8. The van der Waals surface area contributed by atoms with E-state index in [9.17, 15) is 9.59 Å². The first-order valence-corrected chi connectivity index (χ1v) is 15.0. The number of nitrogens with zero attached hydrogens (tertiary/aromatic N) is 3. The van der Waals surface area contributed by atoms with Crippen LogP contribution in [-0.4, -0.2) is 45.3 Å². The molecule has 1 aliphatic rings. The molecule has 1 aliphatic heterocycles. The largest absolute Gasteiger partial charge is 0.459 e. The molecule has 0 bridgehead atoms. The molecular weight excluding hydrogens is 564 g/mol. The minimum Gasteiger partial charge on any atom is -0.459 e. The molecule has 43 heavy (non-hydrogen) atoms. The molecule has 3 aromatic heterocycles. The number of nitrogens with two attached hydrogens (primary N) is 1. The van der Waals surface area contributed by atoms with Crippen LogP contribution >= 0.6 is 11.3 Å². The van der Waals surface area contributed by atoms with Gasteiger partial charge in [0.1, 0.15) is 36.4 Å². The molecule has 10 heteroatoms. The number of aromatic nitrogens is 3. The number of aryl methyl sites for hydroxylation is 3. The van der Waals surface area contributed by atoms with Gasteiger partial charge >= 0.3 is 11.9 Å². The molecule has 0 aliphatic carbocycles. The Balaban J connectivity index is 1.21. The van der Waals surface area contributed by atoms with E-state index in [0.717, 1.165) is 27.1 Å². The van der Waals surface area contributed by atoms with E-state index in [-0.39, 0.29) is 19.0 Å². The average molecular weight is 597 g/mol. The fourth-order valence-corrected chi connectivity index (χ4v) is 5.90. The van der Waals surface area contributed by atoms with Crippen LogP contribution < -0.4 is 5.73 Å². The maximum absolute atomic E-state index is 13.0. The number of ether oxygens (including phenoxy) is 3. The molecule has 4 heterocycles. The van der Waals surface area contributed by atoms with E-state index in [1.807, 2.05) is 73.8 Å². The third-order valence-electron chi connectivity index (χ3n) is 7.51. The van der Waals surface area contributed by atoms with Crippen LogP contribution in [0.2, 0.25) is 0 Å². The Morgan fingerprint density at radius 3 is 2.53 bits per heavy atom. The molecule has 6 rings (SSSR count). The molecule has 0 spiro atoms. The van der Waals surface area contributed by atoms with E-state index in [1.165, 1.54) is 0 Å². The highest BCUT2D eigenvalue weighted by molar-refractivity contribution is 7.13. The zero-order valence-corrected chi connectivity index (χ0v) is 24.8. The molecule has 9 nitrogen and oxygen atoms in total. The molecule has 0 saturated carbocycles. The number of benzene rings is 2. The molecular formula is C33H32N4O5S. The number of carbonyl (C=O) groups excluding carboxylic acids is 2. The van der Waals surface area contributed by atoms with Crippen LogP contribution in [-0.2, 0) is 25.4 Å². The summed E-state index contributed by atoms with van der Waals surface area (Å²) in [7, 11) is 0. The summed E-state index contributed by atoms with van der Waals surface area (Å²) in [6, 6.07) is 21.0. The number of imidazole rings is 1. The Hall–Kier alpha value is -4.54. The standard InChI is InChI=1S/C33H32N4O5S/c1-20-5-9-22(10-6-20)11-14-30(38)42-25-17-29(41-26(25)18-40-33(39)23-12-7-21(2)8-13-23)37-19-35-31-24(27-4-3-15-43-27)16-28(34)36-32(31)37/h3-10,12-13,15-16,19,25-26,29H,11,14,17-18H2,1-2H3,(H2,34,36)/t25-,26?,29?/m1/s1. The predicted molar refractivity (Wildman–Crippen MR) is 165 cm³/mol. The third-order valence-corrected chi connectivity index (χ3v) is 8.42. The second-order valence-corrected chi connectivity index (χ2v) is 11.7. The molecule has 5 aromatic rings. The van der Waals surface area contributed by atoms with Crippen molar-refractivity contribution in [3.63, 3.8) is 0 Å². The van der Waals surface area contributed by atoms with Gasteiger partial charge in [-0.05, 0) is 55.5 Å². The third kappa shape index (κ3) is 6.45. The van der Waals surface area contributed by atoms with Crippen molar-refractivity contribution >= 4 is 40.3 Å². The summed E-state index contributed by atoms with van der Waals surface area (Å²) >= 11 is 1.59. The van der Waals surface area contributed by atoms with Gasteiger partial charge in [0.05, 0.1) is 11.9 Å². The molecule has 3 atom stereocenters. The number of hydrogen-bond donors (Lipinski definition) is 1. The highest BCUT2D eigenvalue weighted by Crippen LogP contribution is 2.37. The van der Waals surface area contributed by atoms with Crippen molar-refractivity contribution in [2.75, 3.05) is 12.3 Å². The second-order valence-electron chi connectivity index (χ2n) is 10.7. The van der Waals surface area contributed by atoms with E-state index < -0.39 is 24.4 Å². The van der Waals surface area contributed by atoms with Gasteiger partial charge in [0.15, 0.2) is 5.65 Å². The van der Waals surface area contributed by atoms with Crippen LogP contribution in [0, 0.1) is 13.8 Å². The molecule has 2 N–H and O–H groups in total. The Morgan fingerprint density at radius 2 is 1.81 bits per heavy atom. The van der Waals surface area contributed by atoms with Crippen LogP contribution in [0.15, 0.2) is 78.4 Å². The second kappa shape index (κ2) is 12.4. The minimum absolute atomic E-state index is 0.0816. The van der Waals surface area contributed by atoms with Crippen molar-refractivity contribution in [2.24, 2.45) is 0 Å². The van der Waals surface area contributed by atoms with E-state index >= 15 is 0 Å². The maximum atomic E-state index is 13.0. The number of anilines is 1. The van der Waals surface area contributed by atoms with Crippen LogP contribution in [0.3, 0.4) is 0 Å². The normalized spacial score (nSPS) is 18.1. The lowest BCUT2D eigenvalue weighted by molar-refractivity contribution is -0.153. The van der Waals surface area contributed by atoms with E-state index in [1.54, 1.807) is 34.4 Å². The van der Waals surface area contributed by atoms with Gasteiger partial charge in [-0.1, -0.05) is 53.6 Å². The molecule has 1 fully saturated rings. The van der Waals surface area contributed by atoms with E-state index in [2.05, 4.69) is 9.97 Å². The van der Waals surface area contributed by atoms with Crippen molar-refractivity contribution in [1.29, 1.82) is 0 Å². The van der Waals surface area contributed by atoms with Crippen molar-refractivity contribution in [3.8, 4) is 10.4 Å². The lowest BCUT2D eigenvalue weighted by Crippen LogP contribution is -2.32. The number of hydrogen-bond acceptors (Lipinski definition) is 9. The van der Waals surface area contributed by atoms with Gasteiger partial charge in [-0.3, -0.25) is 9.36 Å². The first-order valence-electron chi connectivity index (χ1n) is 14.2. The molecule has 1 saturated heterocycles. The van der Waals surface area contributed by atoms with Crippen LogP contribution in [0.1, 0.15) is 46.1 Å². The van der Waals surface area contributed by atoms with Crippen molar-refractivity contribution in [2.45, 2.75) is 51.5 Å². The number of rotatable bonds is 9. The lowest BCUT2D eigenvalue weighted by Gasteiger charge is -2.19. The number of esters is 2. The van der Waals surface area contributed by atoms with Crippen LogP contribution in [0.5, 0.6) is 0 Å². The Labute approximate surface area is 253 Å². The van der Waals surface area contributed by atoms with E-state index in [4.69, 9.17) is 19.9 Å². The number of thiophene rings is 1. The summed E-state index contributed by atoms with van der Waals surface area (Å²) in [4.78, 5) is 36.0. The summed E-state index contributed by atoms with van der Waals surface area (Å²) in [5.74, 6) is -0.458. The van der Waals surface area contributed by atoms with Crippen molar-refractivity contribution in [3.05, 3.63) is 101 Å². The summed E-state index contributed by atoms with van der Waals surface area (Å²) in [5, 5.41) is 2.00. The SMILES string of the molecule is Cc1ccc(CCC(=O)O[C@@H]2CC(n3cnc4c(-c5cccs5)cc(N)nc43)OC2COC(=O)c2ccc(C)cc2)cc1. The Kier molecular flexibility index (Phi) is 8.22. The fourth-order valence-electron chi connectivity index (χ4n) is 5.16. The van der Waals surface area contributed by atoms with Crippen LogP contribution in [0.25, 0.3) is 21.6 Å². The number of pyridine rings is 1. The molecule has 0 amide bonds. The Bertz CT molecular complexity index is 1730. The van der Waals surface area contributed by atoms with Gasteiger partial charge in [0, 0.05) is 23.3 Å². The van der Waals surface area contributed by atoms with Crippen molar-refractivity contribution < 1.29 is 23.8 Å². The summed E-state index contributed by atoms with van der Waals surface area (Å²) in [6.07, 6.45) is 0.887. The molecule has 220 valence electrons. The number of carbonyl (C=O) groups is 2. The number of nitrogen functional groups attached to an aromatic ring is 1. The van der Waals surface area contributed by atoms with E-state index in [0.29, 0.717) is 35.4 Å². The monoisotopic (exact) mass is 596 g/mol. The Morgan fingerprint density at radius 1 is 1.07 bits per heavy atom. The quantitative estimate of drug-likeness (QED) is 0.204. The zero-order valence-electron chi connectivity index (χ0n) is 23.9. The van der Waals surface area contributed by atoms with Crippen molar-refractivity contribution in [1.82, 2.24) is 14.5 Å². The lowest BCUT2D eigenvalue weighted by atomic mass is 10.1. The minimum atomic E-state index is -0.682. The molecule has 2 unspecified atom stereocenters. The summed E-state index contributed by atoms with van der Waals surface area (Å²) in [6.45, 7) is 3.89. The first kappa shape index (κ1) is 28.6. The topological polar surface area (TPSA) is 119 Å².